The van der Waals surface area contributed by atoms with Crippen LogP contribution in [0.4, 0.5) is 5.69 Å². The van der Waals surface area contributed by atoms with E-state index in [9.17, 15) is 14.4 Å². The zero-order chi connectivity index (χ0) is 17.3. The Morgan fingerprint density at radius 2 is 1.48 bits per heavy atom. The lowest BCUT2D eigenvalue weighted by Crippen LogP contribution is -2.44. The fraction of sp³-hybridized carbons (Fsp3) is 0.286. The van der Waals surface area contributed by atoms with Crippen molar-refractivity contribution in [2.75, 3.05) is 4.90 Å². The van der Waals surface area contributed by atoms with Gasteiger partial charge in [-0.05, 0) is 29.7 Å². The first-order valence-corrected chi connectivity index (χ1v) is 8.64. The average Bonchev–Trinajstić information content (AvgIpc) is 2.88. The predicted octanol–water partition coefficient (Wildman–Crippen LogP) is 2.95. The van der Waals surface area contributed by atoms with Crippen LogP contribution < -0.4 is 4.90 Å². The first-order chi connectivity index (χ1) is 12.1. The molecule has 1 heterocycles. The summed E-state index contributed by atoms with van der Waals surface area (Å²) in [6.45, 7) is 1.90. The van der Waals surface area contributed by atoms with Crippen LogP contribution in [0.3, 0.4) is 0 Å². The molecule has 3 aliphatic carbocycles. The molecule has 4 nitrogen and oxygen atoms in total. The second-order valence-electron chi connectivity index (χ2n) is 7.23. The van der Waals surface area contributed by atoms with Crippen molar-refractivity contribution >= 4 is 23.3 Å². The molecule has 1 saturated heterocycles. The summed E-state index contributed by atoms with van der Waals surface area (Å²) < 4.78 is 0. The van der Waals surface area contributed by atoms with Crippen molar-refractivity contribution in [1.29, 1.82) is 0 Å². The molecule has 25 heavy (non-hydrogen) atoms. The van der Waals surface area contributed by atoms with E-state index in [2.05, 4.69) is 0 Å². The second-order valence-corrected chi connectivity index (χ2v) is 7.23. The standard InChI is InChI=1S/C21H17NO3/c1-11-6-2-5-9-15(11)22-20(24)18-14-10-16(23)17(19(18)21(22)25)13-8-4-3-7-12(13)14/h2-9,14,17-19H,10H2,1H3/t14-,17-,18-,19+/m1/s1. The van der Waals surface area contributed by atoms with Gasteiger partial charge in [0.05, 0.1) is 23.4 Å². The molecule has 2 fully saturated rings. The number of rotatable bonds is 1. The Kier molecular flexibility index (Phi) is 2.85. The van der Waals surface area contributed by atoms with Crippen LogP contribution in [-0.2, 0) is 14.4 Å². The molecule has 4 aliphatic rings. The van der Waals surface area contributed by atoms with E-state index in [1.54, 1.807) is 6.07 Å². The summed E-state index contributed by atoms with van der Waals surface area (Å²) in [5.74, 6) is -1.89. The fourth-order valence-corrected chi connectivity index (χ4v) is 5.01. The number of fused-ring (bicyclic) bond motifs is 1. The zero-order valence-electron chi connectivity index (χ0n) is 13.8. The Morgan fingerprint density at radius 1 is 0.840 bits per heavy atom. The predicted molar refractivity (Wildman–Crippen MR) is 92.2 cm³/mol. The Hall–Kier alpha value is -2.75. The van der Waals surface area contributed by atoms with E-state index < -0.39 is 17.8 Å². The van der Waals surface area contributed by atoms with Crippen molar-refractivity contribution < 1.29 is 14.4 Å². The number of nitrogens with zero attached hydrogens (tertiary/aromatic N) is 1. The molecule has 1 aliphatic heterocycles. The summed E-state index contributed by atoms with van der Waals surface area (Å²) >= 11 is 0. The number of aryl methyl sites for hydroxylation is 1. The molecule has 4 atom stereocenters. The van der Waals surface area contributed by atoms with Gasteiger partial charge in [0.1, 0.15) is 5.78 Å². The average molecular weight is 331 g/mol. The van der Waals surface area contributed by atoms with Crippen LogP contribution in [0.2, 0.25) is 0 Å². The van der Waals surface area contributed by atoms with Gasteiger partial charge >= 0.3 is 0 Å². The van der Waals surface area contributed by atoms with Gasteiger partial charge in [0, 0.05) is 12.3 Å². The van der Waals surface area contributed by atoms with Crippen LogP contribution in [0.25, 0.3) is 0 Å². The molecule has 6 rings (SSSR count). The number of anilines is 1. The molecule has 2 aromatic rings. The third-order valence-corrected chi connectivity index (χ3v) is 6.05. The molecule has 2 aromatic carbocycles. The molecule has 0 N–H and O–H groups in total. The first-order valence-electron chi connectivity index (χ1n) is 8.64. The summed E-state index contributed by atoms with van der Waals surface area (Å²) in [7, 11) is 0. The minimum atomic E-state index is -0.548. The molecule has 124 valence electrons. The first kappa shape index (κ1) is 14.6. The van der Waals surface area contributed by atoms with Gasteiger partial charge in [0.25, 0.3) is 0 Å². The van der Waals surface area contributed by atoms with Gasteiger partial charge in [-0.1, -0.05) is 42.5 Å². The van der Waals surface area contributed by atoms with Crippen molar-refractivity contribution in [3.8, 4) is 0 Å². The maximum absolute atomic E-state index is 13.2. The molecular formula is C21H17NO3. The molecular weight excluding hydrogens is 314 g/mol. The minimum Gasteiger partial charge on any atom is -0.299 e. The molecule has 4 heteroatoms. The summed E-state index contributed by atoms with van der Waals surface area (Å²) in [6, 6.07) is 15.2. The number of hydrogen-bond donors (Lipinski definition) is 0. The van der Waals surface area contributed by atoms with Crippen LogP contribution >= 0.6 is 0 Å². The maximum atomic E-state index is 13.2. The molecule has 0 unspecified atom stereocenters. The number of carbonyl (C=O) groups is 3. The van der Waals surface area contributed by atoms with Crippen molar-refractivity contribution in [3.05, 3.63) is 65.2 Å². The highest BCUT2D eigenvalue weighted by atomic mass is 16.2. The molecule has 0 spiro atoms. The van der Waals surface area contributed by atoms with Crippen LogP contribution in [0.5, 0.6) is 0 Å². The Balaban J connectivity index is 1.68. The number of para-hydroxylation sites is 1. The number of hydrogen-bond acceptors (Lipinski definition) is 3. The van der Waals surface area contributed by atoms with Crippen LogP contribution in [0, 0.1) is 18.8 Å². The lowest BCUT2D eigenvalue weighted by atomic mass is 9.56. The van der Waals surface area contributed by atoms with E-state index in [4.69, 9.17) is 0 Å². The molecule has 2 amide bonds. The molecule has 0 radical (unpaired) electrons. The Labute approximate surface area is 145 Å². The number of Topliss-reactive ketones (excluding diaryl/α,β-unsaturated/α-hetero) is 1. The molecule has 2 bridgehead atoms. The van der Waals surface area contributed by atoms with Gasteiger partial charge < -0.3 is 0 Å². The lowest BCUT2D eigenvalue weighted by molar-refractivity contribution is -0.134. The maximum Gasteiger partial charge on any atom is 0.238 e. The lowest BCUT2D eigenvalue weighted by Gasteiger charge is -2.43. The summed E-state index contributed by atoms with van der Waals surface area (Å²) in [6.07, 6.45) is 0.365. The van der Waals surface area contributed by atoms with Crippen molar-refractivity contribution in [1.82, 2.24) is 0 Å². The van der Waals surface area contributed by atoms with Gasteiger partial charge in [0.15, 0.2) is 0 Å². The zero-order valence-corrected chi connectivity index (χ0v) is 13.8. The van der Waals surface area contributed by atoms with Crippen molar-refractivity contribution in [2.24, 2.45) is 11.8 Å². The van der Waals surface area contributed by atoms with E-state index in [1.807, 2.05) is 49.4 Å². The van der Waals surface area contributed by atoms with Gasteiger partial charge in [-0.15, -0.1) is 0 Å². The number of amides is 2. The highest BCUT2D eigenvalue weighted by molar-refractivity contribution is 6.25. The van der Waals surface area contributed by atoms with E-state index in [0.29, 0.717) is 12.1 Å². The summed E-state index contributed by atoms with van der Waals surface area (Å²) in [5.41, 5.74) is 3.54. The largest absolute Gasteiger partial charge is 0.299 e. The number of benzene rings is 2. The smallest absolute Gasteiger partial charge is 0.238 e. The summed E-state index contributed by atoms with van der Waals surface area (Å²) in [5, 5.41) is 0. The van der Waals surface area contributed by atoms with Crippen LogP contribution in [-0.4, -0.2) is 17.6 Å². The number of ketones is 1. The van der Waals surface area contributed by atoms with Gasteiger partial charge in [-0.3, -0.25) is 14.4 Å². The number of carbonyl (C=O) groups excluding carboxylic acids is 3. The number of imide groups is 1. The van der Waals surface area contributed by atoms with E-state index in [1.165, 1.54) is 4.90 Å². The van der Waals surface area contributed by atoms with Gasteiger partial charge in [-0.2, -0.15) is 0 Å². The van der Waals surface area contributed by atoms with E-state index >= 15 is 0 Å². The SMILES string of the molecule is Cc1ccccc1N1C(=O)[C@@H]2[C@H](C1=O)[C@@H]1CC(=O)[C@H]2c2ccccc21. The van der Waals surface area contributed by atoms with Crippen LogP contribution in [0.1, 0.15) is 34.9 Å². The molecule has 0 aromatic heterocycles. The quantitative estimate of drug-likeness (QED) is 0.755. The van der Waals surface area contributed by atoms with Crippen LogP contribution in [0.15, 0.2) is 48.5 Å². The van der Waals surface area contributed by atoms with Gasteiger partial charge in [0.2, 0.25) is 11.8 Å². The van der Waals surface area contributed by atoms with Crippen molar-refractivity contribution in [3.63, 3.8) is 0 Å². The Bertz CT molecular complexity index is 948. The third-order valence-electron chi connectivity index (χ3n) is 6.05. The highest BCUT2D eigenvalue weighted by Crippen LogP contribution is 2.57. The third kappa shape index (κ3) is 1.74. The normalized spacial score (nSPS) is 29.8. The minimum absolute atomic E-state index is 0.0951. The summed E-state index contributed by atoms with van der Waals surface area (Å²) in [4.78, 5) is 40.4. The van der Waals surface area contributed by atoms with E-state index in [0.717, 1.165) is 16.7 Å². The fourth-order valence-electron chi connectivity index (χ4n) is 5.01. The highest BCUT2D eigenvalue weighted by Gasteiger charge is 2.62. The molecule has 1 saturated carbocycles. The van der Waals surface area contributed by atoms with Crippen molar-refractivity contribution in [2.45, 2.75) is 25.2 Å². The second kappa shape index (κ2) is 4.88. The van der Waals surface area contributed by atoms with E-state index in [-0.39, 0.29) is 23.5 Å². The Morgan fingerprint density at radius 3 is 2.24 bits per heavy atom. The monoisotopic (exact) mass is 331 g/mol. The topological polar surface area (TPSA) is 54.5 Å². The van der Waals surface area contributed by atoms with Gasteiger partial charge in [-0.25, -0.2) is 4.90 Å².